The van der Waals surface area contributed by atoms with Gasteiger partial charge < -0.3 is 11.1 Å². The van der Waals surface area contributed by atoms with Crippen LogP contribution in [0.3, 0.4) is 0 Å². The van der Waals surface area contributed by atoms with Gasteiger partial charge in [0.05, 0.1) is 0 Å². The van der Waals surface area contributed by atoms with Crippen LogP contribution in [0.4, 0.5) is 10.1 Å². The van der Waals surface area contributed by atoms with Gasteiger partial charge in [0.25, 0.3) is 0 Å². The van der Waals surface area contributed by atoms with Crippen molar-refractivity contribution in [3.63, 3.8) is 0 Å². The van der Waals surface area contributed by atoms with Gasteiger partial charge in [0.2, 0.25) is 5.91 Å². The van der Waals surface area contributed by atoms with Crippen molar-refractivity contribution in [3.05, 3.63) is 66.0 Å². The zero-order valence-electron chi connectivity index (χ0n) is 10.3. The lowest BCUT2D eigenvalue weighted by Crippen LogP contribution is -2.20. The van der Waals surface area contributed by atoms with Crippen LogP contribution in [0.15, 0.2) is 54.6 Å². The van der Waals surface area contributed by atoms with Crippen molar-refractivity contribution in [1.82, 2.24) is 0 Å². The molecule has 0 saturated carbocycles. The Morgan fingerprint density at radius 2 is 1.89 bits per heavy atom. The molecule has 0 aromatic heterocycles. The van der Waals surface area contributed by atoms with Gasteiger partial charge in [-0.1, -0.05) is 36.4 Å². The van der Waals surface area contributed by atoms with E-state index in [1.165, 1.54) is 12.1 Å². The average Bonchev–Trinajstić information content (AvgIpc) is 2.39. The van der Waals surface area contributed by atoms with E-state index in [9.17, 15) is 9.18 Å². The summed E-state index contributed by atoms with van der Waals surface area (Å²) in [6.45, 7) is 0. The molecule has 1 unspecified atom stereocenters. The average molecular weight is 258 g/mol. The third kappa shape index (κ3) is 3.89. The molecule has 19 heavy (non-hydrogen) atoms. The number of nitrogens with two attached hydrogens (primary N) is 1. The van der Waals surface area contributed by atoms with E-state index in [1.54, 1.807) is 12.1 Å². The predicted molar refractivity (Wildman–Crippen MR) is 73.0 cm³/mol. The quantitative estimate of drug-likeness (QED) is 0.886. The molecule has 0 bridgehead atoms. The monoisotopic (exact) mass is 258 g/mol. The standard InChI is InChI=1S/C15H15FN2O/c16-12-7-4-8-13(9-12)18-15(19)10-14(17)11-5-2-1-3-6-11/h1-9,14H,10,17H2,(H,18,19). The lowest BCUT2D eigenvalue weighted by molar-refractivity contribution is -0.116. The molecule has 0 aliphatic carbocycles. The zero-order chi connectivity index (χ0) is 13.7. The van der Waals surface area contributed by atoms with E-state index in [0.717, 1.165) is 5.56 Å². The van der Waals surface area contributed by atoms with E-state index in [4.69, 9.17) is 5.73 Å². The first-order chi connectivity index (χ1) is 9.15. The summed E-state index contributed by atoms with van der Waals surface area (Å²) in [7, 11) is 0. The Kier molecular flexibility index (Phi) is 4.26. The molecule has 0 radical (unpaired) electrons. The number of carbonyl (C=O) groups excluding carboxylic acids is 1. The molecule has 3 N–H and O–H groups in total. The second kappa shape index (κ2) is 6.11. The SMILES string of the molecule is NC(CC(=O)Nc1cccc(F)c1)c1ccccc1. The number of carbonyl (C=O) groups is 1. The predicted octanol–water partition coefficient (Wildman–Crippen LogP) is 2.85. The van der Waals surface area contributed by atoms with Crippen LogP contribution >= 0.6 is 0 Å². The first-order valence-corrected chi connectivity index (χ1v) is 6.01. The molecule has 3 nitrogen and oxygen atoms in total. The summed E-state index contributed by atoms with van der Waals surface area (Å²) in [6, 6.07) is 14.8. The van der Waals surface area contributed by atoms with Crippen molar-refractivity contribution >= 4 is 11.6 Å². The Labute approximate surface area is 111 Å². The van der Waals surface area contributed by atoms with E-state index in [0.29, 0.717) is 5.69 Å². The molecule has 98 valence electrons. The van der Waals surface area contributed by atoms with Crippen LogP contribution in [-0.2, 0) is 4.79 Å². The molecular weight excluding hydrogens is 243 g/mol. The minimum absolute atomic E-state index is 0.153. The van der Waals surface area contributed by atoms with E-state index >= 15 is 0 Å². The molecule has 2 aromatic rings. The van der Waals surface area contributed by atoms with Gasteiger partial charge in [-0.3, -0.25) is 4.79 Å². The van der Waals surface area contributed by atoms with Crippen LogP contribution in [0.1, 0.15) is 18.0 Å². The number of hydrogen-bond donors (Lipinski definition) is 2. The van der Waals surface area contributed by atoms with Crippen molar-refractivity contribution < 1.29 is 9.18 Å². The van der Waals surface area contributed by atoms with Crippen LogP contribution < -0.4 is 11.1 Å². The number of hydrogen-bond acceptors (Lipinski definition) is 2. The Bertz CT molecular complexity index is 557. The molecule has 0 aliphatic heterocycles. The molecule has 2 rings (SSSR count). The van der Waals surface area contributed by atoms with Gasteiger partial charge >= 0.3 is 0 Å². The summed E-state index contributed by atoms with van der Waals surface area (Å²) in [6.07, 6.45) is 0.153. The highest BCUT2D eigenvalue weighted by Crippen LogP contribution is 2.15. The number of rotatable bonds is 4. The molecule has 1 amide bonds. The normalized spacial score (nSPS) is 11.9. The van der Waals surface area contributed by atoms with E-state index < -0.39 is 0 Å². The molecule has 0 fully saturated rings. The van der Waals surface area contributed by atoms with Crippen molar-refractivity contribution in [2.45, 2.75) is 12.5 Å². The lowest BCUT2D eigenvalue weighted by atomic mass is 10.0. The summed E-state index contributed by atoms with van der Waals surface area (Å²) in [5, 5.41) is 2.62. The maximum atomic E-state index is 13.0. The van der Waals surface area contributed by atoms with Gasteiger partial charge in [-0.15, -0.1) is 0 Å². The largest absolute Gasteiger partial charge is 0.326 e. The van der Waals surface area contributed by atoms with Crippen LogP contribution in [0, 0.1) is 5.82 Å². The molecule has 0 saturated heterocycles. The Morgan fingerprint density at radius 1 is 1.16 bits per heavy atom. The summed E-state index contributed by atoms with van der Waals surface area (Å²) in [4.78, 5) is 11.8. The Hall–Kier alpha value is -2.20. The number of anilines is 1. The van der Waals surface area contributed by atoms with Gasteiger partial charge in [0.1, 0.15) is 5.82 Å². The molecule has 0 spiro atoms. The Balaban J connectivity index is 1.95. The molecule has 2 aromatic carbocycles. The third-order valence-electron chi connectivity index (χ3n) is 2.74. The van der Waals surface area contributed by atoms with Crippen LogP contribution in [0.25, 0.3) is 0 Å². The van der Waals surface area contributed by atoms with Crippen LogP contribution in [-0.4, -0.2) is 5.91 Å². The van der Waals surface area contributed by atoms with Crippen molar-refractivity contribution in [1.29, 1.82) is 0 Å². The minimum atomic E-state index is -0.384. The minimum Gasteiger partial charge on any atom is -0.326 e. The molecule has 0 aliphatic rings. The molecule has 4 heteroatoms. The third-order valence-corrected chi connectivity index (χ3v) is 2.74. The fourth-order valence-electron chi connectivity index (χ4n) is 1.80. The van der Waals surface area contributed by atoms with Crippen molar-refractivity contribution in [2.24, 2.45) is 5.73 Å². The second-order valence-electron chi connectivity index (χ2n) is 4.28. The molecular formula is C15H15FN2O. The van der Waals surface area contributed by atoms with Gasteiger partial charge in [-0.2, -0.15) is 0 Å². The smallest absolute Gasteiger partial charge is 0.226 e. The number of nitrogens with one attached hydrogen (secondary N) is 1. The lowest BCUT2D eigenvalue weighted by Gasteiger charge is -2.12. The summed E-state index contributed by atoms with van der Waals surface area (Å²) < 4.78 is 13.0. The molecule has 0 heterocycles. The highest BCUT2D eigenvalue weighted by molar-refractivity contribution is 5.91. The van der Waals surface area contributed by atoms with E-state index in [2.05, 4.69) is 5.32 Å². The number of benzene rings is 2. The van der Waals surface area contributed by atoms with E-state index in [1.807, 2.05) is 30.3 Å². The number of halogens is 1. The van der Waals surface area contributed by atoms with Crippen LogP contribution in [0.5, 0.6) is 0 Å². The van der Waals surface area contributed by atoms with Gasteiger partial charge in [0.15, 0.2) is 0 Å². The summed E-state index contributed by atoms with van der Waals surface area (Å²) >= 11 is 0. The maximum Gasteiger partial charge on any atom is 0.226 e. The maximum absolute atomic E-state index is 13.0. The van der Waals surface area contributed by atoms with Gasteiger partial charge in [-0.05, 0) is 23.8 Å². The molecule has 1 atom stereocenters. The summed E-state index contributed by atoms with van der Waals surface area (Å²) in [5.41, 5.74) is 7.28. The summed E-state index contributed by atoms with van der Waals surface area (Å²) in [5.74, 6) is -0.618. The second-order valence-corrected chi connectivity index (χ2v) is 4.28. The van der Waals surface area contributed by atoms with Gasteiger partial charge in [0, 0.05) is 18.2 Å². The van der Waals surface area contributed by atoms with E-state index in [-0.39, 0.29) is 24.2 Å². The first-order valence-electron chi connectivity index (χ1n) is 6.01. The topological polar surface area (TPSA) is 55.1 Å². The number of amides is 1. The van der Waals surface area contributed by atoms with Crippen LogP contribution in [0.2, 0.25) is 0 Å². The zero-order valence-corrected chi connectivity index (χ0v) is 10.3. The Morgan fingerprint density at radius 3 is 2.58 bits per heavy atom. The fourth-order valence-corrected chi connectivity index (χ4v) is 1.80. The highest BCUT2D eigenvalue weighted by Gasteiger charge is 2.11. The van der Waals surface area contributed by atoms with Gasteiger partial charge in [-0.25, -0.2) is 4.39 Å². The fraction of sp³-hybridized carbons (Fsp3) is 0.133. The van der Waals surface area contributed by atoms with Crippen molar-refractivity contribution in [2.75, 3.05) is 5.32 Å². The highest BCUT2D eigenvalue weighted by atomic mass is 19.1. The van der Waals surface area contributed by atoms with Crippen molar-refractivity contribution in [3.8, 4) is 0 Å². The first kappa shape index (κ1) is 13.2.